The number of para-hydroxylation sites is 1. The molecule has 1 aromatic carbocycles. The highest BCUT2D eigenvalue weighted by Crippen LogP contribution is 2.07. The first-order valence-corrected chi connectivity index (χ1v) is 5.98. The van der Waals surface area contributed by atoms with Crippen molar-refractivity contribution in [3.05, 3.63) is 43.0 Å². The Bertz CT molecular complexity index is 382. The Balaban J connectivity index is 0.00000324. The molecule has 0 unspecified atom stereocenters. The van der Waals surface area contributed by atoms with E-state index in [1.807, 2.05) is 42.3 Å². The van der Waals surface area contributed by atoms with E-state index in [0.29, 0.717) is 13.2 Å². The van der Waals surface area contributed by atoms with Crippen molar-refractivity contribution in [2.24, 2.45) is 4.99 Å². The molecule has 0 atom stereocenters. The summed E-state index contributed by atoms with van der Waals surface area (Å²) in [6.45, 7) is 5.76. The molecular weight excluding hydrogens is 353 g/mol. The molecule has 106 valence electrons. The summed E-state index contributed by atoms with van der Waals surface area (Å²) >= 11 is 0. The fourth-order valence-electron chi connectivity index (χ4n) is 1.47. The predicted molar refractivity (Wildman–Crippen MR) is 91.5 cm³/mol. The van der Waals surface area contributed by atoms with Crippen molar-refractivity contribution in [3.63, 3.8) is 0 Å². The molecule has 1 rings (SSSR count). The third-order valence-corrected chi connectivity index (χ3v) is 2.42. The van der Waals surface area contributed by atoms with Crippen LogP contribution in [-0.2, 0) is 0 Å². The molecule has 4 nitrogen and oxygen atoms in total. The van der Waals surface area contributed by atoms with Gasteiger partial charge in [-0.25, -0.2) is 0 Å². The summed E-state index contributed by atoms with van der Waals surface area (Å²) in [6, 6.07) is 9.79. The number of ether oxygens (including phenoxy) is 1. The summed E-state index contributed by atoms with van der Waals surface area (Å²) in [5, 5.41) is 3.17. The number of hydrogen-bond acceptors (Lipinski definition) is 2. The van der Waals surface area contributed by atoms with Crippen LogP contribution >= 0.6 is 24.0 Å². The van der Waals surface area contributed by atoms with Crippen molar-refractivity contribution in [2.75, 3.05) is 33.8 Å². The minimum absolute atomic E-state index is 0. The van der Waals surface area contributed by atoms with Crippen LogP contribution in [0.3, 0.4) is 0 Å². The minimum atomic E-state index is 0. The van der Waals surface area contributed by atoms with Crippen LogP contribution in [0.2, 0.25) is 0 Å². The van der Waals surface area contributed by atoms with Gasteiger partial charge in [0.25, 0.3) is 0 Å². The van der Waals surface area contributed by atoms with E-state index in [2.05, 4.69) is 16.9 Å². The van der Waals surface area contributed by atoms with Gasteiger partial charge in [0.15, 0.2) is 5.96 Å². The largest absolute Gasteiger partial charge is 0.492 e. The lowest BCUT2D eigenvalue weighted by molar-refractivity contribution is 0.281. The molecule has 5 heteroatoms. The van der Waals surface area contributed by atoms with Gasteiger partial charge in [0.1, 0.15) is 12.4 Å². The van der Waals surface area contributed by atoms with E-state index in [4.69, 9.17) is 4.74 Å². The average Bonchev–Trinajstić information content (AvgIpc) is 2.41. The van der Waals surface area contributed by atoms with E-state index < -0.39 is 0 Å². The van der Waals surface area contributed by atoms with Gasteiger partial charge in [0, 0.05) is 20.6 Å². The minimum Gasteiger partial charge on any atom is -0.492 e. The molecule has 0 heterocycles. The average molecular weight is 375 g/mol. The zero-order valence-electron chi connectivity index (χ0n) is 11.5. The third-order valence-electron chi connectivity index (χ3n) is 2.42. The zero-order chi connectivity index (χ0) is 13.2. The summed E-state index contributed by atoms with van der Waals surface area (Å²) in [5.41, 5.74) is 0. The summed E-state index contributed by atoms with van der Waals surface area (Å²) in [5.74, 6) is 1.73. The molecule has 0 saturated heterocycles. The van der Waals surface area contributed by atoms with Crippen molar-refractivity contribution < 1.29 is 4.74 Å². The molecule has 0 aliphatic carbocycles. The van der Waals surface area contributed by atoms with Crippen LogP contribution in [0.15, 0.2) is 48.0 Å². The Morgan fingerprint density at radius 3 is 2.68 bits per heavy atom. The predicted octanol–water partition coefficient (Wildman–Crippen LogP) is 2.38. The summed E-state index contributed by atoms with van der Waals surface area (Å²) < 4.78 is 5.63. The quantitative estimate of drug-likeness (QED) is 0.359. The summed E-state index contributed by atoms with van der Waals surface area (Å²) in [4.78, 5) is 6.20. The Kier molecular flexibility index (Phi) is 9.97. The van der Waals surface area contributed by atoms with Gasteiger partial charge in [-0.2, -0.15) is 0 Å². The molecule has 0 bridgehead atoms. The van der Waals surface area contributed by atoms with Gasteiger partial charge in [0.05, 0.1) is 6.54 Å². The fraction of sp³-hybridized carbons (Fsp3) is 0.357. The second-order valence-corrected chi connectivity index (χ2v) is 3.80. The fourth-order valence-corrected chi connectivity index (χ4v) is 1.47. The summed E-state index contributed by atoms with van der Waals surface area (Å²) in [6.07, 6.45) is 1.81. The second-order valence-electron chi connectivity index (χ2n) is 3.80. The van der Waals surface area contributed by atoms with Crippen LogP contribution in [0.1, 0.15) is 0 Å². The lowest BCUT2D eigenvalue weighted by Gasteiger charge is -2.21. The number of halogens is 1. The summed E-state index contributed by atoms with van der Waals surface area (Å²) in [7, 11) is 3.74. The van der Waals surface area contributed by atoms with E-state index in [0.717, 1.165) is 18.3 Å². The Hall–Kier alpha value is -1.24. The van der Waals surface area contributed by atoms with Gasteiger partial charge in [-0.1, -0.05) is 24.3 Å². The monoisotopic (exact) mass is 375 g/mol. The first-order valence-electron chi connectivity index (χ1n) is 5.98. The molecule has 0 aromatic heterocycles. The van der Waals surface area contributed by atoms with Gasteiger partial charge in [0.2, 0.25) is 0 Å². The Morgan fingerprint density at radius 1 is 1.42 bits per heavy atom. The maximum absolute atomic E-state index is 5.63. The molecule has 0 spiro atoms. The maximum atomic E-state index is 5.63. The lowest BCUT2D eigenvalue weighted by Crippen LogP contribution is -2.40. The van der Waals surface area contributed by atoms with Gasteiger partial charge >= 0.3 is 0 Å². The van der Waals surface area contributed by atoms with Gasteiger partial charge in [-0.15, -0.1) is 30.6 Å². The van der Waals surface area contributed by atoms with Gasteiger partial charge in [-0.05, 0) is 12.1 Å². The van der Waals surface area contributed by atoms with E-state index in [-0.39, 0.29) is 24.0 Å². The third kappa shape index (κ3) is 7.05. The molecule has 0 aliphatic heterocycles. The maximum Gasteiger partial charge on any atom is 0.193 e. The number of nitrogens with zero attached hydrogens (tertiary/aromatic N) is 2. The number of nitrogens with one attached hydrogen (secondary N) is 1. The van der Waals surface area contributed by atoms with Crippen LogP contribution < -0.4 is 10.1 Å². The van der Waals surface area contributed by atoms with Crippen LogP contribution in [0.5, 0.6) is 5.75 Å². The highest BCUT2D eigenvalue weighted by molar-refractivity contribution is 14.0. The molecule has 0 radical (unpaired) electrons. The molecule has 1 aromatic rings. The molecule has 0 fully saturated rings. The highest BCUT2D eigenvalue weighted by atomic mass is 127. The standard InChI is InChI=1S/C14H21N3O.HI/c1-4-10-16-14(15-2)17(3)11-12-18-13-8-6-5-7-9-13;/h4-9H,1,10-12H2,2-3H3,(H,15,16);1H. The van der Waals surface area contributed by atoms with E-state index in [1.54, 1.807) is 13.1 Å². The number of guanidine groups is 1. The normalized spacial score (nSPS) is 10.3. The zero-order valence-corrected chi connectivity index (χ0v) is 13.8. The first-order chi connectivity index (χ1) is 8.77. The van der Waals surface area contributed by atoms with Crippen molar-refractivity contribution in [1.29, 1.82) is 0 Å². The van der Waals surface area contributed by atoms with E-state index >= 15 is 0 Å². The number of rotatable bonds is 6. The number of benzene rings is 1. The van der Waals surface area contributed by atoms with Crippen LogP contribution in [0, 0.1) is 0 Å². The first kappa shape index (κ1) is 17.8. The molecule has 0 amide bonds. The molecule has 1 N–H and O–H groups in total. The van der Waals surface area contributed by atoms with Crippen LogP contribution in [0.25, 0.3) is 0 Å². The van der Waals surface area contributed by atoms with Crippen molar-refractivity contribution in [3.8, 4) is 5.75 Å². The van der Waals surface area contributed by atoms with Crippen molar-refractivity contribution in [2.45, 2.75) is 0 Å². The topological polar surface area (TPSA) is 36.9 Å². The SMILES string of the molecule is C=CCNC(=NC)N(C)CCOc1ccccc1.I. The number of likely N-dealkylation sites (N-methyl/N-ethyl adjacent to an activating group) is 1. The number of aliphatic imine (C=N–C) groups is 1. The van der Waals surface area contributed by atoms with Crippen LogP contribution in [-0.4, -0.2) is 44.7 Å². The van der Waals surface area contributed by atoms with Gasteiger partial charge in [-0.3, -0.25) is 4.99 Å². The van der Waals surface area contributed by atoms with E-state index in [1.165, 1.54) is 0 Å². The van der Waals surface area contributed by atoms with Crippen molar-refractivity contribution >= 4 is 29.9 Å². The second kappa shape index (κ2) is 10.7. The van der Waals surface area contributed by atoms with Crippen molar-refractivity contribution in [1.82, 2.24) is 10.2 Å². The highest BCUT2D eigenvalue weighted by Gasteiger charge is 2.04. The number of hydrogen-bond donors (Lipinski definition) is 1. The van der Waals surface area contributed by atoms with Crippen LogP contribution in [0.4, 0.5) is 0 Å². The van der Waals surface area contributed by atoms with Gasteiger partial charge < -0.3 is 15.0 Å². The molecule has 0 aliphatic rings. The molecule has 0 saturated carbocycles. The van der Waals surface area contributed by atoms with E-state index in [9.17, 15) is 0 Å². The molecule has 19 heavy (non-hydrogen) atoms. The Labute approximate surface area is 132 Å². The lowest BCUT2D eigenvalue weighted by atomic mass is 10.3. The Morgan fingerprint density at radius 2 is 2.11 bits per heavy atom. The molecular formula is C14H22IN3O. The smallest absolute Gasteiger partial charge is 0.193 e.